The number of rotatable bonds is 3. The van der Waals surface area contributed by atoms with Crippen LogP contribution in [0, 0.1) is 0 Å². The molecule has 0 aliphatic carbocycles. The monoisotopic (exact) mass is 301 g/mol. The maximum Gasteiger partial charge on any atom is 0.586 e. The van der Waals surface area contributed by atoms with Gasteiger partial charge in [-0.1, -0.05) is 0 Å². The Hall–Kier alpha value is -2.13. The van der Waals surface area contributed by atoms with Crippen molar-refractivity contribution in [3.8, 4) is 11.5 Å². The minimum Gasteiger partial charge on any atom is -0.395 e. The van der Waals surface area contributed by atoms with Crippen molar-refractivity contribution in [2.45, 2.75) is 18.6 Å². The lowest BCUT2D eigenvalue weighted by atomic mass is 10.2. The molecule has 0 unspecified atom stereocenters. The molecule has 2 rings (SSSR count). The highest BCUT2D eigenvalue weighted by molar-refractivity contribution is 5.96. The number of hydrogen-bond donors (Lipinski definition) is 1. The van der Waals surface area contributed by atoms with Crippen LogP contribution in [0.1, 0.15) is 0 Å². The molecule has 1 aromatic rings. The predicted octanol–water partition coefficient (Wildman–Crippen LogP) is 2.85. The third-order valence-corrected chi connectivity index (χ3v) is 2.24. The highest BCUT2D eigenvalue weighted by Crippen LogP contribution is 2.42. The van der Waals surface area contributed by atoms with E-state index in [0.717, 1.165) is 18.2 Å². The molecule has 0 bridgehead atoms. The Kier molecular flexibility index (Phi) is 3.18. The van der Waals surface area contributed by atoms with Gasteiger partial charge >= 0.3 is 24.5 Å². The molecule has 0 saturated carbocycles. The Balaban J connectivity index is 2.16. The fourth-order valence-electron chi connectivity index (χ4n) is 1.34. The fraction of sp³-hybridized carbons (Fsp3) is 0.300. The largest absolute Gasteiger partial charge is 0.586 e. The number of carbonyl (C=O) groups is 1. The molecule has 1 amide bonds. The van der Waals surface area contributed by atoms with Crippen LogP contribution in [0.4, 0.5) is 32.0 Å². The van der Waals surface area contributed by atoms with E-state index in [1.54, 1.807) is 0 Å². The third-order valence-electron chi connectivity index (χ3n) is 2.24. The number of nitrogens with one attached hydrogen (secondary N) is 1. The van der Waals surface area contributed by atoms with E-state index >= 15 is 0 Å². The van der Waals surface area contributed by atoms with Crippen molar-refractivity contribution in [2.24, 2.45) is 0 Å². The predicted molar refractivity (Wildman–Crippen MR) is 52.2 cm³/mol. The topological polar surface area (TPSA) is 47.6 Å². The summed E-state index contributed by atoms with van der Waals surface area (Å²) in [7, 11) is 0. The van der Waals surface area contributed by atoms with E-state index in [2.05, 4.69) is 9.47 Å². The molecule has 1 N–H and O–H groups in total. The van der Waals surface area contributed by atoms with E-state index in [0.29, 0.717) is 0 Å². The van der Waals surface area contributed by atoms with E-state index in [9.17, 15) is 31.1 Å². The van der Waals surface area contributed by atoms with Gasteiger partial charge in [-0.15, -0.1) is 8.78 Å². The highest BCUT2D eigenvalue weighted by atomic mass is 19.3. The molecule has 0 saturated heterocycles. The van der Waals surface area contributed by atoms with Gasteiger partial charge in [-0.25, -0.2) is 8.78 Å². The van der Waals surface area contributed by atoms with Crippen LogP contribution in [-0.4, -0.2) is 24.5 Å². The lowest BCUT2D eigenvalue weighted by Crippen LogP contribution is -2.40. The van der Waals surface area contributed by atoms with Crippen LogP contribution >= 0.6 is 0 Å². The second-order valence-corrected chi connectivity index (χ2v) is 3.71. The summed E-state index contributed by atoms with van der Waals surface area (Å²) < 4.78 is 82.6. The third kappa shape index (κ3) is 2.58. The quantitative estimate of drug-likeness (QED) is 0.873. The van der Waals surface area contributed by atoms with E-state index in [1.165, 1.54) is 5.32 Å². The summed E-state index contributed by atoms with van der Waals surface area (Å²) in [5.74, 6) is -8.07. The molecule has 10 heteroatoms. The van der Waals surface area contributed by atoms with Crippen molar-refractivity contribution in [1.29, 1.82) is 0 Å². The Morgan fingerprint density at radius 3 is 2.40 bits per heavy atom. The molecule has 0 aromatic heterocycles. The average molecular weight is 301 g/mol. The Morgan fingerprint density at radius 1 is 1.20 bits per heavy atom. The van der Waals surface area contributed by atoms with Gasteiger partial charge in [0.1, 0.15) is 0 Å². The number of benzene rings is 1. The number of hydrogen-bond acceptors (Lipinski definition) is 3. The van der Waals surface area contributed by atoms with Crippen LogP contribution in [0.15, 0.2) is 18.2 Å². The summed E-state index contributed by atoms with van der Waals surface area (Å²) in [5.41, 5.74) is -0.421. The first-order chi connectivity index (χ1) is 9.12. The van der Waals surface area contributed by atoms with E-state index < -0.39 is 36.0 Å². The van der Waals surface area contributed by atoms with Gasteiger partial charge in [0, 0.05) is 11.8 Å². The van der Waals surface area contributed by atoms with E-state index in [-0.39, 0.29) is 5.75 Å². The second kappa shape index (κ2) is 4.46. The fourth-order valence-corrected chi connectivity index (χ4v) is 1.34. The summed E-state index contributed by atoms with van der Waals surface area (Å²) >= 11 is 0. The van der Waals surface area contributed by atoms with Crippen LogP contribution in [0.2, 0.25) is 0 Å². The number of halogens is 6. The first-order valence-electron chi connectivity index (χ1n) is 4.99. The highest BCUT2D eigenvalue weighted by Gasteiger charge is 2.49. The van der Waals surface area contributed by atoms with Gasteiger partial charge in [0.15, 0.2) is 11.5 Å². The molecule has 4 nitrogen and oxygen atoms in total. The first-order valence-corrected chi connectivity index (χ1v) is 4.99. The Morgan fingerprint density at radius 2 is 1.80 bits per heavy atom. The van der Waals surface area contributed by atoms with Gasteiger partial charge in [0.2, 0.25) is 0 Å². The lowest BCUT2D eigenvalue weighted by Gasteiger charge is -2.14. The van der Waals surface area contributed by atoms with Crippen molar-refractivity contribution in [2.75, 3.05) is 5.32 Å². The average Bonchev–Trinajstić information content (AvgIpc) is 2.61. The maximum atomic E-state index is 12.7. The smallest absolute Gasteiger partial charge is 0.395 e. The molecular weight excluding hydrogens is 296 g/mol. The number of fused-ring (bicyclic) bond motifs is 1. The van der Waals surface area contributed by atoms with Gasteiger partial charge in [0.25, 0.3) is 0 Å². The van der Waals surface area contributed by atoms with Gasteiger partial charge in [-0.05, 0) is 12.1 Å². The number of anilines is 1. The van der Waals surface area contributed by atoms with Gasteiger partial charge in [0.05, 0.1) is 0 Å². The molecule has 0 atom stereocenters. The Bertz CT molecular complexity index is 548. The maximum absolute atomic E-state index is 12.7. The van der Waals surface area contributed by atoms with Gasteiger partial charge in [-0.2, -0.15) is 8.78 Å². The zero-order valence-electron chi connectivity index (χ0n) is 9.30. The normalized spacial score (nSPS) is 16.4. The van der Waals surface area contributed by atoms with Crippen LogP contribution in [-0.2, 0) is 4.79 Å². The minimum absolute atomic E-state index is 0.381. The summed E-state index contributed by atoms with van der Waals surface area (Å²) in [5, 5.41) is 1.47. The molecule has 1 aliphatic heterocycles. The summed E-state index contributed by atoms with van der Waals surface area (Å²) in [6.07, 6.45) is -8.11. The first kappa shape index (κ1) is 14.3. The van der Waals surface area contributed by atoms with Crippen molar-refractivity contribution in [3.63, 3.8) is 0 Å². The molecule has 1 heterocycles. The van der Waals surface area contributed by atoms with E-state index in [1.807, 2.05) is 0 Å². The van der Waals surface area contributed by atoms with Gasteiger partial charge in [-0.3, -0.25) is 4.79 Å². The molecule has 0 spiro atoms. The van der Waals surface area contributed by atoms with Crippen LogP contribution in [0.5, 0.6) is 11.5 Å². The van der Waals surface area contributed by atoms with E-state index in [4.69, 9.17) is 0 Å². The number of carbonyl (C=O) groups excluding carboxylic acids is 1. The molecule has 110 valence electrons. The SMILES string of the molecule is O=C(Nc1ccc2c(c1)OC(F)(F)O2)C(F)(F)C(F)F. The summed E-state index contributed by atoms with van der Waals surface area (Å²) in [6, 6.07) is 2.57. The zero-order chi connectivity index (χ0) is 15.1. The lowest BCUT2D eigenvalue weighted by molar-refractivity contribution is -0.286. The van der Waals surface area contributed by atoms with Crippen molar-refractivity contribution in [3.05, 3.63) is 18.2 Å². The molecule has 20 heavy (non-hydrogen) atoms. The number of alkyl halides is 6. The molecule has 0 radical (unpaired) electrons. The van der Waals surface area contributed by atoms with Crippen LogP contribution in [0.3, 0.4) is 0 Å². The number of ether oxygens (including phenoxy) is 2. The standard InChI is InChI=1S/C10H5F6NO3/c11-7(12)9(13,14)8(18)17-4-1-2-5-6(3-4)20-10(15,16)19-5/h1-3,7H,(H,17,18). The number of amides is 1. The van der Waals surface area contributed by atoms with Gasteiger partial charge < -0.3 is 14.8 Å². The summed E-state index contributed by atoms with van der Waals surface area (Å²) in [6.45, 7) is 0. The van der Waals surface area contributed by atoms with Crippen LogP contribution in [0.25, 0.3) is 0 Å². The minimum atomic E-state index is -4.90. The summed E-state index contributed by atoms with van der Waals surface area (Å²) in [4.78, 5) is 10.9. The second-order valence-electron chi connectivity index (χ2n) is 3.71. The molecule has 1 aromatic carbocycles. The van der Waals surface area contributed by atoms with Crippen molar-refractivity contribution < 1.29 is 40.6 Å². The molecule has 1 aliphatic rings. The molecular formula is C10H5F6NO3. The van der Waals surface area contributed by atoms with Crippen LogP contribution < -0.4 is 14.8 Å². The van der Waals surface area contributed by atoms with Crippen molar-refractivity contribution in [1.82, 2.24) is 0 Å². The van der Waals surface area contributed by atoms with Crippen molar-refractivity contribution >= 4 is 11.6 Å². The Labute approximate surface area is 107 Å². The zero-order valence-corrected chi connectivity index (χ0v) is 9.30. The molecule has 0 fully saturated rings.